The fourth-order valence-corrected chi connectivity index (χ4v) is 2.82. The van der Waals surface area contributed by atoms with Gasteiger partial charge in [-0.25, -0.2) is 0 Å². The van der Waals surface area contributed by atoms with Crippen molar-refractivity contribution < 1.29 is 4.74 Å². The molecule has 0 saturated heterocycles. The maximum Gasteiger partial charge on any atom is 0.143 e. The Bertz CT molecular complexity index is 628. The number of anilines is 1. The zero-order chi connectivity index (χ0) is 13.4. The normalized spacial score (nSPS) is 17.3. The summed E-state index contributed by atoms with van der Waals surface area (Å²) in [5, 5.41) is 4.67. The molecule has 1 N–H and O–H groups in total. The summed E-state index contributed by atoms with van der Waals surface area (Å²) >= 11 is 12.1. The van der Waals surface area contributed by atoms with Crippen molar-refractivity contribution in [2.24, 2.45) is 0 Å². The van der Waals surface area contributed by atoms with E-state index in [1.807, 2.05) is 24.3 Å². The third-order valence-electron chi connectivity index (χ3n) is 3.28. The van der Waals surface area contributed by atoms with Crippen LogP contribution in [0.3, 0.4) is 0 Å². The lowest BCUT2D eigenvalue weighted by atomic mass is 10.1. The SMILES string of the molecule is Cc1cccc2c1NCC(c1ccc(Cl)cc1Cl)O2. The van der Waals surface area contributed by atoms with Gasteiger partial charge in [-0.05, 0) is 30.7 Å². The molecule has 98 valence electrons. The van der Waals surface area contributed by atoms with Crippen LogP contribution in [0.1, 0.15) is 17.2 Å². The van der Waals surface area contributed by atoms with Crippen LogP contribution in [-0.2, 0) is 0 Å². The van der Waals surface area contributed by atoms with Crippen molar-refractivity contribution in [3.63, 3.8) is 0 Å². The summed E-state index contributed by atoms with van der Waals surface area (Å²) in [6.07, 6.45) is -0.0981. The molecule has 0 spiro atoms. The molecule has 1 aliphatic heterocycles. The van der Waals surface area contributed by atoms with Crippen molar-refractivity contribution in [1.82, 2.24) is 0 Å². The summed E-state index contributed by atoms with van der Waals surface area (Å²) in [6, 6.07) is 11.5. The number of ether oxygens (including phenoxy) is 1. The van der Waals surface area contributed by atoms with Crippen LogP contribution >= 0.6 is 23.2 Å². The van der Waals surface area contributed by atoms with Gasteiger partial charge >= 0.3 is 0 Å². The Morgan fingerprint density at radius 2 is 2.05 bits per heavy atom. The van der Waals surface area contributed by atoms with Crippen LogP contribution in [0.25, 0.3) is 0 Å². The number of nitrogens with one attached hydrogen (secondary N) is 1. The molecule has 4 heteroatoms. The van der Waals surface area contributed by atoms with E-state index in [1.54, 1.807) is 6.07 Å². The number of para-hydroxylation sites is 1. The lowest BCUT2D eigenvalue weighted by Gasteiger charge is -2.29. The summed E-state index contributed by atoms with van der Waals surface area (Å²) in [4.78, 5) is 0. The molecule has 2 aromatic carbocycles. The molecule has 0 amide bonds. The molecule has 1 heterocycles. The highest BCUT2D eigenvalue weighted by molar-refractivity contribution is 6.35. The Morgan fingerprint density at radius 1 is 1.21 bits per heavy atom. The molecule has 1 aliphatic rings. The molecule has 0 aliphatic carbocycles. The van der Waals surface area contributed by atoms with Crippen LogP contribution < -0.4 is 10.1 Å². The third-order valence-corrected chi connectivity index (χ3v) is 3.84. The van der Waals surface area contributed by atoms with Gasteiger partial charge in [0.05, 0.1) is 12.2 Å². The summed E-state index contributed by atoms with van der Waals surface area (Å²) in [5.74, 6) is 0.863. The first-order valence-electron chi connectivity index (χ1n) is 6.10. The lowest BCUT2D eigenvalue weighted by molar-refractivity contribution is 0.210. The van der Waals surface area contributed by atoms with Crippen LogP contribution in [0.2, 0.25) is 10.0 Å². The highest BCUT2D eigenvalue weighted by Crippen LogP contribution is 2.38. The van der Waals surface area contributed by atoms with E-state index in [0.29, 0.717) is 16.6 Å². The Kier molecular flexibility index (Phi) is 3.29. The average Bonchev–Trinajstić information content (AvgIpc) is 2.38. The molecule has 0 radical (unpaired) electrons. The largest absolute Gasteiger partial charge is 0.482 e. The Labute approximate surface area is 122 Å². The molecular formula is C15H13Cl2NO. The maximum atomic E-state index is 6.23. The van der Waals surface area contributed by atoms with Gasteiger partial charge < -0.3 is 10.1 Å². The zero-order valence-electron chi connectivity index (χ0n) is 10.4. The zero-order valence-corrected chi connectivity index (χ0v) is 11.9. The van der Waals surface area contributed by atoms with Gasteiger partial charge in [0.2, 0.25) is 0 Å². The van der Waals surface area contributed by atoms with Crippen LogP contribution in [0.15, 0.2) is 36.4 Å². The number of benzene rings is 2. The quantitative estimate of drug-likeness (QED) is 0.812. The molecule has 0 aromatic heterocycles. The van der Waals surface area contributed by atoms with E-state index in [-0.39, 0.29) is 6.10 Å². The predicted molar refractivity (Wildman–Crippen MR) is 79.5 cm³/mol. The Morgan fingerprint density at radius 3 is 2.84 bits per heavy atom. The van der Waals surface area contributed by atoms with Crippen LogP contribution in [0, 0.1) is 6.92 Å². The number of hydrogen-bond donors (Lipinski definition) is 1. The Hall–Kier alpha value is -1.38. The van der Waals surface area contributed by atoms with Crippen molar-refractivity contribution >= 4 is 28.9 Å². The second-order valence-electron chi connectivity index (χ2n) is 4.60. The van der Waals surface area contributed by atoms with Crippen molar-refractivity contribution in [2.75, 3.05) is 11.9 Å². The van der Waals surface area contributed by atoms with Gasteiger partial charge in [0.15, 0.2) is 0 Å². The topological polar surface area (TPSA) is 21.3 Å². The highest BCUT2D eigenvalue weighted by Gasteiger charge is 2.23. The number of fused-ring (bicyclic) bond motifs is 1. The second-order valence-corrected chi connectivity index (χ2v) is 5.44. The molecule has 2 nitrogen and oxygen atoms in total. The van der Waals surface area contributed by atoms with Crippen LogP contribution in [0.4, 0.5) is 5.69 Å². The lowest BCUT2D eigenvalue weighted by Crippen LogP contribution is -2.24. The van der Waals surface area contributed by atoms with E-state index >= 15 is 0 Å². The van der Waals surface area contributed by atoms with Crippen molar-refractivity contribution in [2.45, 2.75) is 13.0 Å². The van der Waals surface area contributed by atoms with Gasteiger partial charge in [-0.15, -0.1) is 0 Å². The van der Waals surface area contributed by atoms with Crippen LogP contribution in [-0.4, -0.2) is 6.54 Å². The first kappa shape index (κ1) is 12.6. The summed E-state index contributed by atoms with van der Waals surface area (Å²) in [6.45, 7) is 2.75. The van der Waals surface area contributed by atoms with Crippen molar-refractivity contribution in [1.29, 1.82) is 0 Å². The molecule has 2 aromatic rings. The van der Waals surface area contributed by atoms with Gasteiger partial charge in [-0.1, -0.05) is 41.4 Å². The molecule has 1 atom stereocenters. The standard InChI is InChI=1S/C15H13Cl2NO/c1-9-3-2-4-13-15(9)18-8-14(19-13)11-6-5-10(16)7-12(11)17/h2-7,14,18H,8H2,1H3. The van der Waals surface area contributed by atoms with Gasteiger partial charge in [0, 0.05) is 15.6 Å². The summed E-state index contributed by atoms with van der Waals surface area (Å²) in [5.41, 5.74) is 3.19. The number of hydrogen-bond acceptors (Lipinski definition) is 2. The number of rotatable bonds is 1. The van der Waals surface area contributed by atoms with Gasteiger partial charge in [0.25, 0.3) is 0 Å². The van der Waals surface area contributed by atoms with E-state index in [9.17, 15) is 0 Å². The third kappa shape index (κ3) is 2.38. The number of halogens is 2. The van der Waals surface area contributed by atoms with E-state index < -0.39 is 0 Å². The average molecular weight is 294 g/mol. The van der Waals surface area contributed by atoms with E-state index in [1.165, 1.54) is 5.56 Å². The smallest absolute Gasteiger partial charge is 0.143 e. The molecule has 19 heavy (non-hydrogen) atoms. The minimum atomic E-state index is -0.0981. The molecule has 0 fully saturated rings. The predicted octanol–water partition coefficient (Wildman–Crippen LogP) is 4.85. The van der Waals surface area contributed by atoms with E-state index in [2.05, 4.69) is 18.3 Å². The van der Waals surface area contributed by atoms with Crippen molar-refractivity contribution in [3.8, 4) is 5.75 Å². The highest BCUT2D eigenvalue weighted by atomic mass is 35.5. The maximum absolute atomic E-state index is 6.23. The van der Waals surface area contributed by atoms with E-state index in [4.69, 9.17) is 27.9 Å². The number of aryl methyl sites for hydroxylation is 1. The van der Waals surface area contributed by atoms with Gasteiger partial charge in [-0.3, -0.25) is 0 Å². The van der Waals surface area contributed by atoms with E-state index in [0.717, 1.165) is 17.0 Å². The van der Waals surface area contributed by atoms with Gasteiger partial charge in [0.1, 0.15) is 11.9 Å². The molecular weight excluding hydrogens is 281 g/mol. The molecule has 1 unspecified atom stereocenters. The summed E-state index contributed by atoms with van der Waals surface area (Å²) < 4.78 is 6.03. The monoisotopic (exact) mass is 293 g/mol. The fraction of sp³-hybridized carbons (Fsp3) is 0.200. The molecule has 0 saturated carbocycles. The van der Waals surface area contributed by atoms with Gasteiger partial charge in [-0.2, -0.15) is 0 Å². The van der Waals surface area contributed by atoms with Crippen molar-refractivity contribution in [3.05, 3.63) is 57.6 Å². The summed E-state index contributed by atoms with van der Waals surface area (Å²) in [7, 11) is 0. The minimum absolute atomic E-state index is 0.0981. The first-order valence-corrected chi connectivity index (χ1v) is 6.86. The first-order chi connectivity index (χ1) is 9.15. The molecule has 3 rings (SSSR count). The minimum Gasteiger partial charge on any atom is -0.482 e. The molecule has 0 bridgehead atoms. The Balaban J connectivity index is 1.93. The second kappa shape index (κ2) is 4.95. The van der Waals surface area contributed by atoms with Crippen LogP contribution in [0.5, 0.6) is 5.75 Å². The fourth-order valence-electron chi connectivity index (χ4n) is 2.29.